The third-order valence-corrected chi connectivity index (χ3v) is 3.96. The zero-order valence-electron chi connectivity index (χ0n) is 10.6. The zero-order chi connectivity index (χ0) is 14.1. The van der Waals surface area contributed by atoms with E-state index in [-0.39, 0.29) is 5.56 Å². The summed E-state index contributed by atoms with van der Waals surface area (Å²) in [6.45, 7) is 0. The molecule has 0 atom stereocenters. The molecule has 3 aromatic rings. The van der Waals surface area contributed by atoms with Crippen molar-refractivity contribution >= 4 is 29.1 Å². The van der Waals surface area contributed by atoms with Crippen molar-refractivity contribution in [3.8, 4) is 0 Å². The third-order valence-electron chi connectivity index (χ3n) is 2.97. The van der Waals surface area contributed by atoms with Crippen molar-refractivity contribution in [3.63, 3.8) is 0 Å². The molecule has 0 aliphatic carbocycles. The highest BCUT2D eigenvalue weighted by atomic mass is 35.5. The van der Waals surface area contributed by atoms with Gasteiger partial charge in [-0.25, -0.2) is 0 Å². The first-order valence-corrected chi connectivity index (χ1v) is 7.52. The van der Waals surface area contributed by atoms with Crippen LogP contribution in [0.2, 0.25) is 5.02 Å². The van der Waals surface area contributed by atoms with Gasteiger partial charge in [0.2, 0.25) is 5.78 Å². The van der Waals surface area contributed by atoms with E-state index in [1.165, 1.54) is 22.6 Å². The summed E-state index contributed by atoms with van der Waals surface area (Å²) in [6, 6.07) is 7.49. The van der Waals surface area contributed by atoms with Crippen LogP contribution in [0.25, 0.3) is 5.78 Å². The van der Waals surface area contributed by atoms with Crippen LogP contribution in [-0.2, 0) is 6.42 Å². The topological polar surface area (TPSA) is 63.1 Å². The summed E-state index contributed by atoms with van der Waals surface area (Å²) in [4.78, 5) is 19.6. The Labute approximate surface area is 124 Å². The van der Waals surface area contributed by atoms with E-state index in [9.17, 15) is 4.79 Å². The molecule has 0 radical (unpaired) electrons. The maximum Gasteiger partial charge on any atom is 0.280 e. The highest BCUT2D eigenvalue weighted by Gasteiger charge is 2.13. The number of aromatic amines is 1. The number of nitrogens with one attached hydrogen (secondary N) is 1. The van der Waals surface area contributed by atoms with Gasteiger partial charge in [-0.1, -0.05) is 23.7 Å². The molecule has 0 spiro atoms. The first kappa shape index (κ1) is 13.2. The number of hydrogen-bond donors (Lipinski definition) is 1. The molecule has 0 saturated carbocycles. The molecule has 0 bridgehead atoms. The van der Waals surface area contributed by atoms with E-state index in [4.69, 9.17) is 11.6 Å². The van der Waals surface area contributed by atoms with Gasteiger partial charge in [-0.3, -0.25) is 4.79 Å². The Hall–Kier alpha value is -1.79. The Balaban J connectivity index is 2.14. The van der Waals surface area contributed by atoms with Gasteiger partial charge in [-0.05, 0) is 24.0 Å². The summed E-state index contributed by atoms with van der Waals surface area (Å²) in [5.41, 5.74) is 1.50. The van der Waals surface area contributed by atoms with Crippen LogP contribution < -0.4 is 5.56 Å². The molecule has 0 amide bonds. The van der Waals surface area contributed by atoms with Gasteiger partial charge in [0.05, 0.1) is 10.6 Å². The molecular weight excluding hydrogens is 296 g/mol. The third kappa shape index (κ3) is 2.32. The minimum Gasteiger partial charge on any atom is -0.318 e. The monoisotopic (exact) mass is 306 g/mol. The van der Waals surface area contributed by atoms with Gasteiger partial charge < -0.3 is 4.98 Å². The molecule has 7 heteroatoms. The maximum atomic E-state index is 12.5. The lowest BCUT2D eigenvalue weighted by Gasteiger charge is -2.07. The molecule has 0 aliphatic heterocycles. The average molecular weight is 307 g/mol. The van der Waals surface area contributed by atoms with Crippen molar-refractivity contribution in [2.45, 2.75) is 11.4 Å². The van der Waals surface area contributed by atoms with Crippen LogP contribution in [0.15, 0.2) is 40.4 Å². The second-order valence-corrected chi connectivity index (χ2v) is 5.50. The van der Waals surface area contributed by atoms with E-state index in [1.807, 2.05) is 30.5 Å². The lowest BCUT2D eigenvalue weighted by atomic mass is 10.1. The van der Waals surface area contributed by atoms with Crippen molar-refractivity contribution in [3.05, 3.63) is 57.1 Å². The van der Waals surface area contributed by atoms with E-state index in [2.05, 4.69) is 15.1 Å². The first-order valence-electron chi connectivity index (χ1n) is 5.92. The second kappa shape index (κ2) is 5.30. The molecule has 1 N–H and O–H groups in total. The zero-order valence-corrected chi connectivity index (χ0v) is 12.2. The SMILES string of the molecule is CSc1[nH]c2ncnn2c(=O)c1Cc1cccc(Cl)c1. The summed E-state index contributed by atoms with van der Waals surface area (Å²) in [6.07, 6.45) is 3.78. The summed E-state index contributed by atoms with van der Waals surface area (Å²) in [7, 11) is 0. The molecule has 2 aromatic heterocycles. The minimum absolute atomic E-state index is 0.152. The molecule has 1 aromatic carbocycles. The first-order chi connectivity index (χ1) is 9.69. The number of fused-ring (bicyclic) bond motifs is 1. The number of halogens is 1. The van der Waals surface area contributed by atoms with Crippen LogP contribution in [-0.4, -0.2) is 25.8 Å². The predicted molar refractivity (Wildman–Crippen MR) is 79.6 cm³/mol. The van der Waals surface area contributed by atoms with E-state index in [1.54, 1.807) is 0 Å². The van der Waals surface area contributed by atoms with Gasteiger partial charge in [-0.15, -0.1) is 11.8 Å². The standard InChI is InChI=1S/C13H11ClN4OS/c1-20-11-10(6-8-3-2-4-9(14)5-8)12(19)18-13(17-11)15-7-16-18/h2-5,7H,6H2,1H3,(H,15,16,17). The highest BCUT2D eigenvalue weighted by molar-refractivity contribution is 7.98. The Morgan fingerprint density at radius 2 is 2.30 bits per heavy atom. The fourth-order valence-electron chi connectivity index (χ4n) is 2.06. The predicted octanol–water partition coefficient (Wildman–Crippen LogP) is 2.38. The lowest BCUT2D eigenvalue weighted by Crippen LogP contribution is -2.21. The molecule has 5 nitrogen and oxygen atoms in total. The quantitative estimate of drug-likeness (QED) is 0.596. The molecule has 0 aliphatic rings. The van der Waals surface area contributed by atoms with Crippen LogP contribution in [0.5, 0.6) is 0 Å². The Kier molecular flexibility index (Phi) is 3.50. The van der Waals surface area contributed by atoms with Crippen molar-refractivity contribution in [1.82, 2.24) is 19.6 Å². The number of rotatable bonds is 3. The smallest absolute Gasteiger partial charge is 0.280 e. The molecule has 3 rings (SSSR count). The van der Waals surface area contributed by atoms with Gasteiger partial charge >= 0.3 is 0 Å². The molecule has 20 heavy (non-hydrogen) atoms. The van der Waals surface area contributed by atoms with E-state index < -0.39 is 0 Å². The summed E-state index contributed by atoms with van der Waals surface area (Å²) >= 11 is 7.47. The van der Waals surface area contributed by atoms with Crippen molar-refractivity contribution in [2.24, 2.45) is 0 Å². The number of aromatic nitrogens is 4. The van der Waals surface area contributed by atoms with Gasteiger partial charge in [0.1, 0.15) is 6.33 Å². The fraction of sp³-hybridized carbons (Fsp3) is 0.154. The maximum absolute atomic E-state index is 12.5. The molecule has 0 fully saturated rings. The molecule has 102 valence electrons. The Bertz CT molecular complexity index is 827. The Morgan fingerprint density at radius 3 is 3.05 bits per heavy atom. The van der Waals surface area contributed by atoms with Crippen LogP contribution >= 0.6 is 23.4 Å². The van der Waals surface area contributed by atoms with Gasteiger partial charge in [0, 0.05) is 11.4 Å². The van der Waals surface area contributed by atoms with Crippen LogP contribution in [0, 0.1) is 0 Å². The van der Waals surface area contributed by atoms with Crippen LogP contribution in [0.4, 0.5) is 0 Å². The number of hydrogen-bond acceptors (Lipinski definition) is 4. The highest BCUT2D eigenvalue weighted by Crippen LogP contribution is 2.20. The second-order valence-electron chi connectivity index (χ2n) is 4.24. The number of H-pyrrole nitrogens is 1. The van der Waals surface area contributed by atoms with E-state index >= 15 is 0 Å². The summed E-state index contributed by atoms with van der Waals surface area (Å²) < 4.78 is 1.28. The van der Waals surface area contributed by atoms with Crippen LogP contribution in [0.3, 0.4) is 0 Å². The van der Waals surface area contributed by atoms with Gasteiger partial charge in [0.15, 0.2) is 0 Å². The molecule has 2 heterocycles. The van der Waals surface area contributed by atoms with Crippen molar-refractivity contribution in [2.75, 3.05) is 6.26 Å². The molecular formula is C13H11ClN4OS. The largest absolute Gasteiger partial charge is 0.318 e. The van der Waals surface area contributed by atoms with E-state index in [0.717, 1.165) is 10.6 Å². The van der Waals surface area contributed by atoms with Crippen molar-refractivity contribution in [1.29, 1.82) is 0 Å². The fourth-order valence-corrected chi connectivity index (χ4v) is 2.87. The number of nitrogens with zero attached hydrogens (tertiary/aromatic N) is 3. The normalized spacial score (nSPS) is 11.1. The Morgan fingerprint density at radius 1 is 1.45 bits per heavy atom. The van der Waals surface area contributed by atoms with Gasteiger partial charge in [-0.2, -0.15) is 14.6 Å². The molecule has 0 unspecified atom stereocenters. The van der Waals surface area contributed by atoms with Crippen molar-refractivity contribution < 1.29 is 0 Å². The van der Waals surface area contributed by atoms with Crippen LogP contribution in [0.1, 0.15) is 11.1 Å². The number of benzene rings is 1. The average Bonchev–Trinajstić information content (AvgIpc) is 2.90. The summed E-state index contributed by atoms with van der Waals surface area (Å²) in [5.74, 6) is 0.453. The number of thioether (sulfide) groups is 1. The molecule has 0 saturated heterocycles. The van der Waals surface area contributed by atoms with Gasteiger partial charge in [0.25, 0.3) is 5.56 Å². The van der Waals surface area contributed by atoms with E-state index in [0.29, 0.717) is 22.8 Å². The summed E-state index contributed by atoms with van der Waals surface area (Å²) in [5, 5.41) is 5.40. The minimum atomic E-state index is -0.152. The lowest BCUT2D eigenvalue weighted by molar-refractivity contribution is 0.837.